The predicted octanol–water partition coefficient (Wildman–Crippen LogP) is 2.79. The van der Waals surface area contributed by atoms with E-state index in [-0.39, 0.29) is 6.61 Å². The molecule has 0 fully saturated rings. The van der Waals surface area contributed by atoms with E-state index in [0.717, 1.165) is 25.0 Å². The second-order valence-electron chi connectivity index (χ2n) is 4.38. The highest BCUT2D eigenvalue weighted by Gasteiger charge is 2.21. The van der Waals surface area contributed by atoms with E-state index in [1.54, 1.807) is 0 Å². The zero-order valence-corrected chi connectivity index (χ0v) is 9.82. The van der Waals surface area contributed by atoms with Crippen molar-refractivity contribution in [3.05, 3.63) is 36.2 Å². The second-order valence-corrected chi connectivity index (χ2v) is 4.38. The van der Waals surface area contributed by atoms with Crippen LogP contribution in [0.3, 0.4) is 0 Å². The third-order valence-corrected chi connectivity index (χ3v) is 3.29. The largest absolute Gasteiger partial charge is 0.482 e. The Balaban J connectivity index is 2.26. The highest BCUT2D eigenvalue weighted by Crippen LogP contribution is 2.38. The van der Waals surface area contributed by atoms with Crippen molar-refractivity contribution in [3.63, 3.8) is 0 Å². The maximum atomic E-state index is 10.5. The molecule has 91 valence electrons. The van der Waals surface area contributed by atoms with Gasteiger partial charge in [0.1, 0.15) is 5.75 Å². The lowest BCUT2D eigenvalue weighted by atomic mass is 9.81. The van der Waals surface area contributed by atoms with Crippen LogP contribution in [0.4, 0.5) is 0 Å². The van der Waals surface area contributed by atoms with Gasteiger partial charge in [-0.3, -0.25) is 0 Å². The Morgan fingerprint density at radius 3 is 3.06 bits per heavy atom. The van der Waals surface area contributed by atoms with Crippen LogP contribution < -0.4 is 4.74 Å². The van der Waals surface area contributed by atoms with Crippen LogP contribution in [0.1, 0.15) is 36.3 Å². The lowest BCUT2D eigenvalue weighted by molar-refractivity contribution is -0.139. The van der Waals surface area contributed by atoms with Crippen molar-refractivity contribution < 1.29 is 14.6 Å². The van der Waals surface area contributed by atoms with Crippen molar-refractivity contribution in [3.8, 4) is 5.75 Å². The molecule has 17 heavy (non-hydrogen) atoms. The van der Waals surface area contributed by atoms with Gasteiger partial charge in [-0.05, 0) is 48.8 Å². The summed E-state index contributed by atoms with van der Waals surface area (Å²) in [6, 6.07) is 5.90. The topological polar surface area (TPSA) is 46.5 Å². The van der Waals surface area contributed by atoms with Gasteiger partial charge in [-0.15, -0.1) is 0 Å². The average Bonchev–Trinajstić information content (AvgIpc) is 2.35. The normalized spacial score (nSPS) is 18.5. The van der Waals surface area contributed by atoms with E-state index >= 15 is 0 Å². The molecule has 1 aromatic rings. The Hall–Kier alpha value is -1.51. The standard InChI is InChI=1S/C14H17O3/c1-2-10-5-3-7-12-11(10)6-4-8-13(12)17-9-14(15)16/h4,6,8,10H,1-3,5,7,9H2,(H,15,16). The van der Waals surface area contributed by atoms with E-state index in [1.165, 1.54) is 17.5 Å². The molecule has 1 atom stereocenters. The van der Waals surface area contributed by atoms with Crippen LogP contribution in [0.25, 0.3) is 0 Å². The monoisotopic (exact) mass is 233 g/mol. The van der Waals surface area contributed by atoms with Gasteiger partial charge in [0.05, 0.1) is 0 Å². The summed E-state index contributed by atoms with van der Waals surface area (Å²) < 4.78 is 5.34. The Bertz CT molecular complexity index is 412. The number of fused-ring (bicyclic) bond motifs is 1. The predicted molar refractivity (Wildman–Crippen MR) is 65.2 cm³/mol. The zero-order chi connectivity index (χ0) is 12.3. The summed E-state index contributed by atoms with van der Waals surface area (Å²) in [5.41, 5.74) is 2.46. The van der Waals surface area contributed by atoms with Gasteiger partial charge < -0.3 is 9.84 Å². The Labute approximate surface area is 101 Å². The number of ether oxygens (including phenoxy) is 1. The van der Waals surface area contributed by atoms with E-state index in [1.807, 2.05) is 12.1 Å². The van der Waals surface area contributed by atoms with Crippen molar-refractivity contribution in [1.82, 2.24) is 0 Å². The van der Waals surface area contributed by atoms with Crippen molar-refractivity contribution in [2.24, 2.45) is 0 Å². The van der Waals surface area contributed by atoms with Gasteiger partial charge in [-0.25, -0.2) is 4.79 Å². The van der Waals surface area contributed by atoms with Gasteiger partial charge in [0.25, 0.3) is 0 Å². The number of hydrogen-bond acceptors (Lipinski definition) is 2. The van der Waals surface area contributed by atoms with Crippen molar-refractivity contribution in [1.29, 1.82) is 0 Å². The first-order valence-electron chi connectivity index (χ1n) is 5.98. The summed E-state index contributed by atoms with van der Waals surface area (Å²) in [7, 11) is 0. The summed E-state index contributed by atoms with van der Waals surface area (Å²) in [5.74, 6) is 0.280. The Morgan fingerprint density at radius 1 is 1.53 bits per heavy atom. The number of benzene rings is 1. The second kappa shape index (κ2) is 5.21. The lowest BCUT2D eigenvalue weighted by Gasteiger charge is -2.26. The minimum Gasteiger partial charge on any atom is -0.482 e. The molecular formula is C14H17O3. The molecular weight excluding hydrogens is 216 g/mol. The third kappa shape index (κ3) is 2.60. The quantitative estimate of drug-likeness (QED) is 0.869. The molecule has 0 bridgehead atoms. The van der Waals surface area contributed by atoms with E-state index in [4.69, 9.17) is 9.84 Å². The third-order valence-electron chi connectivity index (χ3n) is 3.29. The number of carbonyl (C=O) groups is 1. The maximum Gasteiger partial charge on any atom is 0.341 e. The molecule has 1 unspecified atom stereocenters. The molecule has 1 radical (unpaired) electrons. The fourth-order valence-electron chi connectivity index (χ4n) is 2.49. The van der Waals surface area contributed by atoms with Gasteiger partial charge in [-0.1, -0.05) is 19.1 Å². The number of carboxylic acids is 1. The summed E-state index contributed by atoms with van der Waals surface area (Å²) >= 11 is 0. The van der Waals surface area contributed by atoms with E-state index in [2.05, 4.69) is 13.0 Å². The van der Waals surface area contributed by atoms with E-state index < -0.39 is 5.97 Å². The maximum absolute atomic E-state index is 10.5. The van der Waals surface area contributed by atoms with E-state index in [9.17, 15) is 4.79 Å². The van der Waals surface area contributed by atoms with Crippen LogP contribution in [0.15, 0.2) is 18.2 Å². The molecule has 0 heterocycles. The minimum atomic E-state index is -0.938. The zero-order valence-electron chi connectivity index (χ0n) is 9.82. The first-order chi connectivity index (χ1) is 8.22. The summed E-state index contributed by atoms with van der Waals surface area (Å²) in [4.78, 5) is 10.5. The Kier molecular flexibility index (Phi) is 3.67. The molecule has 2 rings (SSSR count). The molecule has 0 aromatic heterocycles. The molecule has 1 aromatic carbocycles. The van der Waals surface area contributed by atoms with Crippen LogP contribution in [0.2, 0.25) is 0 Å². The number of aliphatic carboxylic acids is 1. The molecule has 0 spiro atoms. The van der Waals surface area contributed by atoms with Gasteiger partial charge in [0.15, 0.2) is 6.61 Å². The molecule has 1 N–H and O–H groups in total. The van der Waals surface area contributed by atoms with Gasteiger partial charge in [-0.2, -0.15) is 0 Å². The fraction of sp³-hybridized carbons (Fsp3) is 0.429. The molecule has 0 saturated carbocycles. The van der Waals surface area contributed by atoms with Crippen molar-refractivity contribution >= 4 is 5.97 Å². The first kappa shape index (κ1) is 12.0. The lowest BCUT2D eigenvalue weighted by Crippen LogP contribution is -2.14. The molecule has 0 saturated heterocycles. The van der Waals surface area contributed by atoms with E-state index in [0.29, 0.717) is 5.92 Å². The molecule has 0 aliphatic heterocycles. The van der Waals surface area contributed by atoms with Crippen molar-refractivity contribution in [2.75, 3.05) is 6.61 Å². The van der Waals surface area contributed by atoms with Crippen LogP contribution in [-0.2, 0) is 11.2 Å². The highest BCUT2D eigenvalue weighted by molar-refractivity contribution is 5.68. The van der Waals surface area contributed by atoms with Crippen LogP contribution in [-0.4, -0.2) is 17.7 Å². The highest BCUT2D eigenvalue weighted by atomic mass is 16.5. The smallest absolute Gasteiger partial charge is 0.341 e. The molecule has 0 amide bonds. The molecule has 3 nitrogen and oxygen atoms in total. The summed E-state index contributed by atoms with van der Waals surface area (Å²) in [5, 5.41) is 8.64. The molecule has 1 aliphatic carbocycles. The van der Waals surface area contributed by atoms with Crippen molar-refractivity contribution in [2.45, 2.75) is 31.6 Å². The fourth-order valence-corrected chi connectivity index (χ4v) is 2.49. The molecule has 1 aliphatic rings. The average molecular weight is 233 g/mol. The van der Waals surface area contributed by atoms with Crippen LogP contribution in [0.5, 0.6) is 5.75 Å². The SMILES string of the molecule is [CH2]CC1CCCc2c(OCC(=O)O)cccc21. The first-order valence-corrected chi connectivity index (χ1v) is 5.98. The van der Waals surface area contributed by atoms with Gasteiger partial charge in [0.2, 0.25) is 0 Å². The van der Waals surface area contributed by atoms with Crippen LogP contribution in [0, 0.1) is 6.92 Å². The summed E-state index contributed by atoms with van der Waals surface area (Å²) in [6.07, 6.45) is 4.15. The molecule has 3 heteroatoms. The number of hydrogen-bond donors (Lipinski definition) is 1. The number of rotatable bonds is 4. The minimum absolute atomic E-state index is 0.272. The summed E-state index contributed by atoms with van der Waals surface area (Å²) in [6.45, 7) is 3.70. The Morgan fingerprint density at radius 2 is 2.35 bits per heavy atom. The van der Waals surface area contributed by atoms with Gasteiger partial charge in [0, 0.05) is 0 Å². The van der Waals surface area contributed by atoms with Gasteiger partial charge >= 0.3 is 5.97 Å². The van der Waals surface area contributed by atoms with Crippen LogP contribution >= 0.6 is 0 Å². The number of carboxylic acid groups (broad SMARTS) is 1.